The Labute approximate surface area is 136 Å². The Bertz CT molecular complexity index is 487. The van der Waals surface area contributed by atoms with E-state index in [0.717, 1.165) is 18.7 Å². The second kappa shape index (κ2) is 8.02. The highest BCUT2D eigenvalue weighted by Crippen LogP contribution is 2.32. The Hall–Kier alpha value is -0.770. The smallest absolute Gasteiger partial charge is 0.307 e. The largest absolute Gasteiger partial charge is 0.466 e. The number of nitrogens with zero attached hydrogens (tertiary/aromatic N) is 1. The summed E-state index contributed by atoms with van der Waals surface area (Å²) in [5.74, 6) is -0.167. The van der Waals surface area contributed by atoms with Crippen molar-refractivity contribution in [2.75, 3.05) is 19.7 Å². The Morgan fingerprint density at radius 1 is 1.24 bits per heavy atom. The van der Waals surface area contributed by atoms with Crippen molar-refractivity contribution in [3.63, 3.8) is 0 Å². The van der Waals surface area contributed by atoms with Gasteiger partial charge in [-0.25, -0.2) is 0 Å². The molecule has 1 aromatic rings. The van der Waals surface area contributed by atoms with E-state index in [0.29, 0.717) is 23.1 Å². The second-order valence-electron chi connectivity index (χ2n) is 5.30. The predicted octanol–water partition coefficient (Wildman–Crippen LogP) is 4.47. The van der Waals surface area contributed by atoms with E-state index in [4.69, 9.17) is 27.9 Å². The molecule has 1 atom stereocenters. The number of esters is 1. The molecule has 21 heavy (non-hydrogen) atoms. The van der Waals surface area contributed by atoms with Crippen LogP contribution in [0.15, 0.2) is 18.2 Å². The van der Waals surface area contributed by atoms with Gasteiger partial charge in [-0.15, -0.1) is 0 Å². The van der Waals surface area contributed by atoms with Gasteiger partial charge in [-0.1, -0.05) is 35.7 Å². The van der Waals surface area contributed by atoms with E-state index in [1.165, 1.54) is 19.3 Å². The molecule has 1 heterocycles. The fourth-order valence-electron chi connectivity index (χ4n) is 2.79. The molecule has 2 rings (SSSR count). The molecule has 116 valence electrons. The fraction of sp³-hybridized carbons (Fsp3) is 0.562. The van der Waals surface area contributed by atoms with Gasteiger partial charge in [-0.05, 0) is 50.6 Å². The maximum absolute atomic E-state index is 11.9. The molecule has 1 fully saturated rings. The minimum Gasteiger partial charge on any atom is -0.466 e. The van der Waals surface area contributed by atoms with Crippen LogP contribution in [0, 0.1) is 0 Å². The summed E-state index contributed by atoms with van der Waals surface area (Å²) in [5, 5.41) is 1.06. The molecule has 0 radical (unpaired) electrons. The van der Waals surface area contributed by atoms with Crippen LogP contribution in [-0.4, -0.2) is 30.6 Å². The molecule has 3 nitrogen and oxygen atoms in total. The molecule has 0 aromatic heterocycles. The van der Waals surface area contributed by atoms with Crippen molar-refractivity contribution in [2.24, 2.45) is 0 Å². The zero-order valence-corrected chi connectivity index (χ0v) is 13.8. The van der Waals surface area contributed by atoms with E-state index in [1.807, 2.05) is 19.1 Å². The highest BCUT2D eigenvalue weighted by Gasteiger charge is 2.25. The fourth-order valence-corrected chi connectivity index (χ4v) is 3.09. The Kier molecular flexibility index (Phi) is 6.34. The summed E-state index contributed by atoms with van der Waals surface area (Å²) in [4.78, 5) is 14.3. The van der Waals surface area contributed by atoms with Gasteiger partial charge in [0.05, 0.1) is 23.1 Å². The lowest BCUT2D eigenvalue weighted by Gasteiger charge is -2.34. The second-order valence-corrected chi connectivity index (χ2v) is 6.11. The van der Waals surface area contributed by atoms with E-state index in [9.17, 15) is 4.79 Å². The van der Waals surface area contributed by atoms with Gasteiger partial charge in [0.15, 0.2) is 0 Å². The lowest BCUT2D eigenvalue weighted by molar-refractivity contribution is -0.144. The van der Waals surface area contributed by atoms with Crippen molar-refractivity contribution in [1.29, 1.82) is 0 Å². The van der Waals surface area contributed by atoms with Gasteiger partial charge >= 0.3 is 5.97 Å². The van der Waals surface area contributed by atoms with Crippen LogP contribution in [0.25, 0.3) is 0 Å². The molecular weight excluding hydrogens is 309 g/mol. The highest BCUT2D eigenvalue weighted by atomic mass is 35.5. The summed E-state index contributed by atoms with van der Waals surface area (Å²) in [6, 6.07) is 5.62. The minimum atomic E-state index is -0.167. The quantitative estimate of drug-likeness (QED) is 0.746. The molecule has 0 aliphatic carbocycles. The lowest BCUT2D eigenvalue weighted by atomic mass is 9.99. The van der Waals surface area contributed by atoms with E-state index >= 15 is 0 Å². The first-order valence-electron chi connectivity index (χ1n) is 7.46. The molecule has 1 aliphatic rings. The SMILES string of the molecule is CCOC(=O)CC(c1ccc(Cl)c(Cl)c1)N1CCCCC1. The number of rotatable bonds is 5. The van der Waals surface area contributed by atoms with Crippen LogP contribution in [0.2, 0.25) is 10.0 Å². The molecule has 0 bridgehead atoms. The number of ether oxygens (including phenoxy) is 1. The number of carbonyl (C=O) groups is 1. The number of carbonyl (C=O) groups excluding carboxylic acids is 1. The first-order chi connectivity index (χ1) is 10.1. The third-order valence-corrected chi connectivity index (χ3v) is 4.56. The molecule has 5 heteroatoms. The normalized spacial score (nSPS) is 17.5. The molecule has 0 amide bonds. The van der Waals surface area contributed by atoms with Crippen molar-refractivity contribution in [3.05, 3.63) is 33.8 Å². The summed E-state index contributed by atoms with van der Waals surface area (Å²) < 4.78 is 5.11. The van der Waals surface area contributed by atoms with Gasteiger partial charge in [0.2, 0.25) is 0 Å². The maximum atomic E-state index is 11.9. The lowest BCUT2D eigenvalue weighted by Crippen LogP contribution is -2.35. The molecular formula is C16H21Cl2NO2. The summed E-state index contributed by atoms with van der Waals surface area (Å²) in [6.07, 6.45) is 3.94. The van der Waals surface area contributed by atoms with Crippen LogP contribution in [0.4, 0.5) is 0 Å². The third kappa shape index (κ3) is 4.60. The number of halogens is 2. The van der Waals surface area contributed by atoms with Gasteiger partial charge in [0, 0.05) is 6.04 Å². The zero-order chi connectivity index (χ0) is 15.2. The van der Waals surface area contributed by atoms with Crippen LogP contribution in [0.3, 0.4) is 0 Å². The Morgan fingerprint density at radius 3 is 2.57 bits per heavy atom. The van der Waals surface area contributed by atoms with Crippen molar-refractivity contribution in [2.45, 2.75) is 38.6 Å². The minimum absolute atomic E-state index is 0.0131. The van der Waals surface area contributed by atoms with Crippen LogP contribution in [-0.2, 0) is 9.53 Å². The van der Waals surface area contributed by atoms with Crippen molar-refractivity contribution in [3.8, 4) is 0 Å². The highest BCUT2D eigenvalue weighted by molar-refractivity contribution is 6.42. The topological polar surface area (TPSA) is 29.5 Å². The summed E-state index contributed by atoms with van der Waals surface area (Å²) in [5.41, 5.74) is 1.03. The first-order valence-corrected chi connectivity index (χ1v) is 8.22. The van der Waals surface area contributed by atoms with E-state index < -0.39 is 0 Å². The summed E-state index contributed by atoms with van der Waals surface area (Å²) in [6.45, 7) is 4.24. The number of piperidine rings is 1. The number of benzene rings is 1. The molecule has 0 saturated carbocycles. The van der Waals surface area contributed by atoms with Crippen LogP contribution < -0.4 is 0 Å². The Balaban J connectivity index is 2.20. The van der Waals surface area contributed by atoms with Gasteiger partial charge in [-0.2, -0.15) is 0 Å². The first kappa shape index (κ1) is 16.6. The van der Waals surface area contributed by atoms with Crippen LogP contribution in [0.1, 0.15) is 44.2 Å². The van der Waals surface area contributed by atoms with Crippen molar-refractivity contribution >= 4 is 29.2 Å². The molecule has 0 spiro atoms. The van der Waals surface area contributed by atoms with Gasteiger partial charge < -0.3 is 4.74 Å². The Morgan fingerprint density at radius 2 is 1.95 bits per heavy atom. The number of likely N-dealkylation sites (tertiary alicyclic amines) is 1. The van der Waals surface area contributed by atoms with E-state index in [1.54, 1.807) is 6.07 Å². The monoisotopic (exact) mass is 329 g/mol. The molecule has 1 saturated heterocycles. The molecule has 0 N–H and O–H groups in total. The average Bonchev–Trinajstić information content (AvgIpc) is 2.49. The van der Waals surface area contributed by atoms with Crippen molar-refractivity contribution < 1.29 is 9.53 Å². The van der Waals surface area contributed by atoms with E-state index in [-0.39, 0.29) is 12.0 Å². The molecule has 1 aromatic carbocycles. The molecule has 1 unspecified atom stereocenters. The number of hydrogen-bond donors (Lipinski definition) is 0. The van der Waals surface area contributed by atoms with Gasteiger partial charge in [0.25, 0.3) is 0 Å². The maximum Gasteiger partial charge on any atom is 0.307 e. The predicted molar refractivity (Wildman–Crippen MR) is 85.9 cm³/mol. The third-order valence-electron chi connectivity index (χ3n) is 3.83. The van der Waals surface area contributed by atoms with E-state index in [2.05, 4.69) is 4.90 Å². The number of hydrogen-bond acceptors (Lipinski definition) is 3. The summed E-state index contributed by atoms with van der Waals surface area (Å²) in [7, 11) is 0. The van der Waals surface area contributed by atoms with Crippen LogP contribution >= 0.6 is 23.2 Å². The standard InChI is InChI=1S/C16H21Cl2NO2/c1-2-21-16(20)11-15(19-8-4-3-5-9-19)12-6-7-13(17)14(18)10-12/h6-7,10,15H,2-5,8-9,11H2,1H3. The van der Waals surface area contributed by atoms with Gasteiger partial charge in [0.1, 0.15) is 0 Å². The summed E-state index contributed by atoms with van der Waals surface area (Å²) >= 11 is 12.1. The van der Waals surface area contributed by atoms with Crippen molar-refractivity contribution in [1.82, 2.24) is 4.90 Å². The average molecular weight is 330 g/mol. The zero-order valence-electron chi connectivity index (χ0n) is 12.3. The molecule has 1 aliphatic heterocycles. The van der Waals surface area contributed by atoms with Crippen LogP contribution in [0.5, 0.6) is 0 Å². The van der Waals surface area contributed by atoms with Gasteiger partial charge in [-0.3, -0.25) is 9.69 Å².